The molecule has 2 nitrogen and oxygen atoms in total. The second kappa shape index (κ2) is 3.94. The molecular formula is C8H12F2O2. The highest BCUT2D eigenvalue weighted by atomic mass is 19.3. The highest BCUT2D eigenvalue weighted by Gasteiger charge is 2.32. The summed E-state index contributed by atoms with van der Waals surface area (Å²) in [6, 6.07) is 0. The van der Waals surface area contributed by atoms with E-state index in [1.54, 1.807) is 0 Å². The Balaban J connectivity index is 2.33. The lowest BCUT2D eigenvalue weighted by atomic mass is 9.95. The molecule has 1 aliphatic rings. The van der Waals surface area contributed by atoms with Crippen LogP contribution in [0, 0.1) is 5.92 Å². The van der Waals surface area contributed by atoms with E-state index in [1.165, 1.54) is 0 Å². The summed E-state index contributed by atoms with van der Waals surface area (Å²) in [4.78, 5) is 9.91. The van der Waals surface area contributed by atoms with E-state index in [0.29, 0.717) is 13.2 Å². The Bertz CT molecular complexity index is 153. The van der Waals surface area contributed by atoms with Crippen LogP contribution in [0.25, 0.3) is 0 Å². The quantitative estimate of drug-likeness (QED) is 0.614. The van der Waals surface area contributed by atoms with Crippen molar-refractivity contribution in [2.75, 3.05) is 13.2 Å². The van der Waals surface area contributed by atoms with E-state index >= 15 is 0 Å². The minimum absolute atomic E-state index is 0.154. The number of aldehydes is 1. The van der Waals surface area contributed by atoms with Gasteiger partial charge in [0.05, 0.1) is 0 Å². The van der Waals surface area contributed by atoms with Gasteiger partial charge in [-0.25, -0.2) is 0 Å². The standard InChI is InChI=1S/C8H12F2O2/c9-8(10,6-11)4-7-2-1-3-12-5-7/h6-7H,1-5H2. The summed E-state index contributed by atoms with van der Waals surface area (Å²) in [5.41, 5.74) is 0. The van der Waals surface area contributed by atoms with Crippen LogP contribution in [0.4, 0.5) is 8.78 Å². The van der Waals surface area contributed by atoms with Crippen LogP contribution in [-0.4, -0.2) is 25.4 Å². The van der Waals surface area contributed by atoms with Crippen molar-refractivity contribution in [3.63, 3.8) is 0 Å². The topological polar surface area (TPSA) is 26.3 Å². The van der Waals surface area contributed by atoms with Gasteiger partial charge in [0.15, 0.2) is 6.29 Å². The Morgan fingerprint density at radius 3 is 2.83 bits per heavy atom. The minimum Gasteiger partial charge on any atom is -0.381 e. The fraction of sp³-hybridized carbons (Fsp3) is 0.875. The van der Waals surface area contributed by atoms with E-state index in [0.717, 1.165) is 12.8 Å². The van der Waals surface area contributed by atoms with Gasteiger partial charge < -0.3 is 4.74 Å². The molecule has 1 fully saturated rings. The van der Waals surface area contributed by atoms with Crippen LogP contribution < -0.4 is 0 Å². The van der Waals surface area contributed by atoms with Gasteiger partial charge in [-0.1, -0.05) is 0 Å². The molecule has 70 valence electrons. The van der Waals surface area contributed by atoms with E-state index in [1.807, 2.05) is 0 Å². The number of carbonyl (C=O) groups excluding carboxylic acids is 1. The van der Waals surface area contributed by atoms with Crippen molar-refractivity contribution in [3.05, 3.63) is 0 Å². The lowest BCUT2D eigenvalue weighted by Crippen LogP contribution is -2.27. The fourth-order valence-corrected chi connectivity index (χ4v) is 1.40. The van der Waals surface area contributed by atoms with Gasteiger partial charge in [0.1, 0.15) is 0 Å². The first-order valence-corrected chi connectivity index (χ1v) is 4.06. The zero-order valence-electron chi connectivity index (χ0n) is 6.76. The normalized spacial score (nSPS) is 25.3. The van der Waals surface area contributed by atoms with E-state index in [-0.39, 0.29) is 18.6 Å². The van der Waals surface area contributed by atoms with Gasteiger partial charge >= 0.3 is 5.92 Å². The molecule has 1 unspecified atom stereocenters. The second-order valence-corrected chi connectivity index (χ2v) is 3.17. The maximum atomic E-state index is 12.5. The second-order valence-electron chi connectivity index (χ2n) is 3.17. The number of hydrogen-bond acceptors (Lipinski definition) is 2. The Morgan fingerprint density at radius 1 is 1.58 bits per heavy atom. The molecule has 0 radical (unpaired) electrons. The molecule has 4 heteroatoms. The molecule has 0 amide bonds. The maximum absolute atomic E-state index is 12.5. The number of carbonyl (C=O) groups is 1. The van der Waals surface area contributed by atoms with Crippen molar-refractivity contribution in [1.82, 2.24) is 0 Å². The number of hydrogen-bond donors (Lipinski definition) is 0. The van der Waals surface area contributed by atoms with Gasteiger partial charge in [-0.2, -0.15) is 8.78 Å². The van der Waals surface area contributed by atoms with Crippen molar-refractivity contribution in [2.45, 2.75) is 25.2 Å². The zero-order valence-corrected chi connectivity index (χ0v) is 6.76. The van der Waals surface area contributed by atoms with Crippen molar-refractivity contribution < 1.29 is 18.3 Å². The van der Waals surface area contributed by atoms with E-state index in [9.17, 15) is 13.6 Å². The SMILES string of the molecule is O=CC(F)(F)CC1CCCOC1. The molecule has 0 saturated carbocycles. The molecule has 0 N–H and O–H groups in total. The molecule has 1 rings (SSSR count). The molecule has 1 aliphatic heterocycles. The Kier molecular flexibility index (Phi) is 3.14. The first kappa shape index (κ1) is 9.58. The zero-order chi connectivity index (χ0) is 9.03. The van der Waals surface area contributed by atoms with Crippen LogP contribution in [-0.2, 0) is 9.53 Å². The molecule has 12 heavy (non-hydrogen) atoms. The minimum atomic E-state index is -3.16. The highest BCUT2D eigenvalue weighted by Crippen LogP contribution is 2.26. The molecule has 0 aromatic heterocycles. The molecule has 1 heterocycles. The van der Waals surface area contributed by atoms with Gasteiger partial charge in [0.25, 0.3) is 0 Å². The molecule has 1 saturated heterocycles. The Morgan fingerprint density at radius 2 is 2.33 bits per heavy atom. The van der Waals surface area contributed by atoms with E-state index in [2.05, 4.69) is 0 Å². The Hall–Kier alpha value is -0.510. The number of alkyl halides is 2. The van der Waals surface area contributed by atoms with Gasteiger partial charge in [-0.3, -0.25) is 4.79 Å². The third kappa shape index (κ3) is 2.85. The summed E-state index contributed by atoms with van der Waals surface area (Å²) in [6.07, 6.45) is 0.918. The summed E-state index contributed by atoms with van der Waals surface area (Å²) in [6.45, 7) is 1.02. The molecule has 0 aromatic carbocycles. The van der Waals surface area contributed by atoms with Crippen molar-refractivity contribution in [2.24, 2.45) is 5.92 Å². The molecular weight excluding hydrogens is 166 g/mol. The third-order valence-electron chi connectivity index (χ3n) is 1.99. The van der Waals surface area contributed by atoms with Crippen LogP contribution in [0.15, 0.2) is 0 Å². The number of halogens is 2. The van der Waals surface area contributed by atoms with Crippen LogP contribution >= 0.6 is 0 Å². The average molecular weight is 178 g/mol. The van der Waals surface area contributed by atoms with E-state index in [4.69, 9.17) is 4.74 Å². The molecule has 0 spiro atoms. The van der Waals surface area contributed by atoms with Gasteiger partial charge in [-0.05, 0) is 18.8 Å². The monoisotopic (exact) mass is 178 g/mol. The first-order chi connectivity index (χ1) is 5.64. The van der Waals surface area contributed by atoms with Gasteiger partial charge in [-0.15, -0.1) is 0 Å². The summed E-state index contributed by atoms with van der Waals surface area (Å²) in [5.74, 6) is -3.32. The average Bonchev–Trinajstić information content (AvgIpc) is 2.06. The summed E-state index contributed by atoms with van der Waals surface area (Å²) < 4.78 is 30.1. The predicted octanol–water partition coefficient (Wildman–Crippen LogP) is 1.64. The van der Waals surface area contributed by atoms with Crippen LogP contribution in [0.3, 0.4) is 0 Å². The largest absolute Gasteiger partial charge is 0.381 e. The first-order valence-electron chi connectivity index (χ1n) is 4.06. The molecule has 0 bridgehead atoms. The van der Waals surface area contributed by atoms with Crippen molar-refractivity contribution in [1.29, 1.82) is 0 Å². The lowest BCUT2D eigenvalue weighted by molar-refractivity contribution is -0.133. The number of rotatable bonds is 3. The van der Waals surface area contributed by atoms with Crippen molar-refractivity contribution >= 4 is 6.29 Å². The predicted molar refractivity (Wildman–Crippen MR) is 39.2 cm³/mol. The molecule has 1 atom stereocenters. The highest BCUT2D eigenvalue weighted by molar-refractivity contribution is 5.59. The summed E-state index contributed by atoms with van der Waals surface area (Å²) >= 11 is 0. The summed E-state index contributed by atoms with van der Waals surface area (Å²) in [5, 5.41) is 0. The van der Waals surface area contributed by atoms with Crippen LogP contribution in [0.1, 0.15) is 19.3 Å². The summed E-state index contributed by atoms with van der Waals surface area (Å²) in [7, 11) is 0. The maximum Gasteiger partial charge on any atom is 0.302 e. The van der Waals surface area contributed by atoms with Gasteiger partial charge in [0.2, 0.25) is 0 Å². The fourth-order valence-electron chi connectivity index (χ4n) is 1.40. The smallest absolute Gasteiger partial charge is 0.302 e. The lowest BCUT2D eigenvalue weighted by Gasteiger charge is -2.23. The molecule has 0 aromatic rings. The Labute approximate surface area is 69.9 Å². The molecule has 0 aliphatic carbocycles. The third-order valence-corrected chi connectivity index (χ3v) is 1.99. The van der Waals surface area contributed by atoms with Crippen molar-refractivity contribution in [3.8, 4) is 0 Å². The number of ether oxygens (including phenoxy) is 1. The van der Waals surface area contributed by atoms with Gasteiger partial charge in [0, 0.05) is 19.6 Å². The van der Waals surface area contributed by atoms with Crippen LogP contribution in [0.2, 0.25) is 0 Å². The van der Waals surface area contributed by atoms with E-state index < -0.39 is 5.92 Å². The van der Waals surface area contributed by atoms with Crippen LogP contribution in [0.5, 0.6) is 0 Å².